The Morgan fingerprint density at radius 2 is 2.00 bits per heavy atom. The zero-order chi connectivity index (χ0) is 14.4. The maximum Gasteiger partial charge on any atom is 0.330 e. The van der Waals surface area contributed by atoms with Crippen molar-refractivity contribution in [2.45, 2.75) is 6.92 Å². The number of carbonyl (C=O) groups is 2. The van der Waals surface area contributed by atoms with Crippen LogP contribution in [-0.2, 0) is 9.53 Å². The van der Waals surface area contributed by atoms with E-state index in [2.05, 4.69) is 0 Å². The summed E-state index contributed by atoms with van der Waals surface area (Å²) >= 11 is 6.07. The van der Waals surface area contributed by atoms with E-state index in [-0.39, 0.29) is 12.4 Å². The second-order valence-corrected chi connectivity index (χ2v) is 4.42. The maximum atomic E-state index is 11.8. The second kappa shape index (κ2) is 6.95. The lowest BCUT2D eigenvalue weighted by atomic mass is 10.1. The highest BCUT2D eigenvalue weighted by atomic mass is 35.5. The third kappa shape index (κ3) is 4.41. The molecule has 0 aliphatic heterocycles. The Morgan fingerprint density at radius 1 is 1.32 bits per heavy atom. The monoisotopic (exact) mass is 281 g/mol. The highest BCUT2D eigenvalue weighted by Crippen LogP contribution is 2.25. The number of anilines is 1. The Labute approximate surface area is 117 Å². The topological polar surface area (TPSA) is 46.6 Å². The summed E-state index contributed by atoms with van der Waals surface area (Å²) in [5, 5.41) is 0.486. The van der Waals surface area contributed by atoms with Gasteiger partial charge in [-0.1, -0.05) is 11.6 Å². The van der Waals surface area contributed by atoms with Crippen LogP contribution >= 0.6 is 11.6 Å². The molecule has 1 aromatic rings. The van der Waals surface area contributed by atoms with Crippen LogP contribution in [0.1, 0.15) is 17.3 Å². The van der Waals surface area contributed by atoms with Gasteiger partial charge in [0.2, 0.25) is 0 Å². The fraction of sp³-hybridized carbons (Fsp3) is 0.286. The van der Waals surface area contributed by atoms with E-state index >= 15 is 0 Å². The third-order valence-corrected chi connectivity index (χ3v) is 2.67. The molecule has 1 rings (SSSR count). The minimum atomic E-state index is -0.535. The SMILES string of the molecule is CCOC(=O)C=CC(=O)c1ccc(N(C)C)c(Cl)c1. The zero-order valence-electron chi connectivity index (χ0n) is 11.1. The number of allylic oxidation sites excluding steroid dienone is 1. The average Bonchev–Trinajstić information content (AvgIpc) is 2.35. The van der Waals surface area contributed by atoms with Crippen LogP contribution in [0.15, 0.2) is 30.4 Å². The normalized spacial score (nSPS) is 10.5. The van der Waals surface area contributed by atoms with E-state index in [1.807, 2.05) is 19.0 Å². The minimum Gasteiger partial charge on any atom is -0.463 e. The van der Waals surface area contributed by atoms with Gasteiger partial charge in [-0.2, -0.15) is 0 Å². The molecule has 0 aromatic heterocycles. The lowest BCUT2D eigenvalue weighted by Crippen LogP contribution is -2.09. The highest BCUT2D eigenvalue weighted by molar-refractivity contribution is 6.33. The van der Waals surface area contributed by atoms with E-state index in [4.69, 9.17) is 16.3 Å². The summed E-state index contributed by atoms with van der Waals surface area (Å²) in [4.78, 5) is 24.8. The first-order valence-corrected chi connectivity index (χ1v) is 6.19. The van der Waals surface area contributed by atoms with Crippen LogP contribution in [0.2, 0.25) is 5.02 Å². The Balaban J connectivity index is 2.84. The molecule has 0 unspecified atom stereocenters. The molecule has 0 N–H and O–H groups in total. The molecule has 0 bridgehead atoms. The average molecular weight is 282 g/mol. The zero-order valence-corrected chi connectivity index (χ0v) is 11.9. The summed E-state index contributed by atoms with van der Waals surface area (Å²) in [6.07, 6.45) is 2.29. The molecular formula is C14H16ClNO3. The molecule has 102 valence electrons. The van der Waals surface area contributed by atoms with Crippen molar-refractivity contribution in [3.8, 4) is 0 Å². The molecule has 4 nitrogen and oxygen atoms in total. The van der Waals surface area contributed by atoms with Crippen LogP contribution in [-0.4, -0.2) is 32.5 Å². The highest BCUT2D eigenvalue weighted by Gasteiger charge is 2.08. The molecule has 0 saturated carbocycles. The van der Waals surface area contributed by atoms with Gasteiger partial charge in [-0.15, -0.1) is 0 Å². The van der Waals surface area contributed by atoms with Crippen molar-refractivity contribution in [1.29, 1.82) is 0 Å². The predicted octanol–water partition coefficient (Wildman–Crippen LogP) is 2.71. The quantitative estimate of drug-likeness (QED) is 0.473. The smallest absolute Gasteiger partial charge is 0.330 e. The lowest BCUT2D eigenvalue weighted by molar-refractivity contribution is -0.137. The van der Waals surface area contributed by atoms with E-state index in [9.17, 15) is 9.59 Å². The first kappa shape index (κ1) is 15.2. The molecule has 0 fully saturated rings. The van der Waals surface area contributed by atoms with Crippen molar-refractivity contribution < 1.29 is 14.3 Å². The number of rotatable bonds is 5. The van der Waals surface area contributed by atoms with Crippen molar-refractivity contribution >= 4 is 29.0 Å². The molecule has 0 aliphatic carbocycles. The first-order valence-electron chi connectivity index (χ1n) is 5.81. The lowest BCUT2D eigenvalue weighted by Gasteiger charge is -2.14. The Bertz CT molecular complexity index is 509. The van der Waals surface area contributed by atoms with Crippen LogP contribution < -0.4 is 4.90 Å². The van der Waals surface area contributed by atoms with Crippen LogP contribution in [0.25, 0.3) is 0 Å². The van der Waals surface area contributed by atoms with E-state index in [0.29, 0.717) is 10.6 Å². The number of esters is 1. The van der Waals surface area contributed by atoms with Crippen LogP contribution in [0.4, 0.5) is 5.69 Å². The molecular weight excluding hydrogens is 266 g/mol. The van der Waals surface area contributed by atoms with Crippen molar-refractivity contribution in [1.82, 2.24) is 0 Å². The van der Waals surface area contributed by atoms with Gasteiger partial charge in [-0.05, 0) is 31.2 Å². The van der Waals surface area contributed by atoms with Gasteiger partial charge in [0.15, 0.2) is 5.78 Å². The number of carbonyl (C=O) groups excluding carboxylic acids is 2. The number of benzene rings is 1. The van der Waals surface area contributed by atoms with Gasteiger partial charge >= 0.3 is 5.97 Å². The van der Waals surface area contributed by atoms with E-state index < -0.39 is 5.97 Å². The van der Waals surface area contributed by atoms with E-state index in [1.165, 1.54) is 6.08 Å². The van der Waals surface area contributed by atoms with Gasteiger partial charge in [0.1, 0.15) is 0 Å². The summed E-state index contributed by atoms with van der Waals surface area (Å²) in [6.45, 7) is 1.98. The fourth-order valence-electron chi connectivity index (χ4n) is 1.45. The van der Waals surface area contributed by atoms with Gasteiger partial charge < -0.3 is 9.64 Å². The van der Waals surface area contributed by atoms with Crippen molar-refractivity contribution in [2.75, 3.05) is 25.6 Å². The number of ether oxygens (including phenoxy) is 1. The molecule has 1 aromatic carbocycles. The summed E-state index contributed by atoms with van der Waals surface area (Å²) in [7, 11) is 3.73. The largest absolute Gasteiger partial charge is 0.463 e. The van der Waals surface area contributed by atoms with Gasteiger partial charge in [0.25, 0.3) is 0 Å². The Kier molecular flexibility index (Phi) is 5.57. The molecule has 0 atom stereocenters. The number of halogens is 1. The summed E-state index contributed by atoms with van der Waals surface area (Å²) in [6, 6.07) is 5.00. The fourth-order valence-corrected chi connectivity index (χ4v) is 1.80. The number of hydrogen-bond acceptors (Lipinski definition) is 4. The Hall–Kier alpha value is -1.81. The Morgan fingerprint density at radius 3 is 2.53 bits per heavy atom. The number of nitrogens with zero attached hydrogens (tertiary/aromatic N) is 1. The van der Waals surface area contributed by atoms with Crippen LogP contribution in [0.5, 0.6) is 0 Å². The van der Waals surface area contributed by atoms with Crippen molar-refractivity contribution in [3.05, 3.63) is 40.9 Å². The summed E-state index contributed by atoms with van der Waals surface area (Å²) in [5.74, 6) is -0.827. The molecule has 5 heteroatoms. The second-order valence-electron chi connectivity index (χ2n) is 4.01. The molecule has 0 heterocycles. The molecule has 0 radical (unpaired) electrons. The van der Waals surface area contributed by atoms with Gasteiger partial charge in [0.05, 0.1) is 17.3 Å². The molecule has 19 heavy (non-hydrogen) atoms. The molecule has 0 spiro atoms. The van der Waals surface area contributed by atoms with Gasteiger partial charge in [0, 0.05) is 25.7 Å². The van der Waals surface area contributed by atoms with Crippen molar-refractivity contribution in [3.63, 3.8) is 0 Å². The van der Waals surface area contributed by atoms with E-state index in [0.717, 1.165) is 11.8 Å². The maximum absolute atomic E-state index is 11.8. The predicted molar refractivity (Wildman–Crippen MR) is 75.9 cm³/mol. The molecule has 0 amide bonds. The summed E-state index contributed by atoms with van der Waals surface area (Å²) < 4.78 is 4.69. The van der Waals surface area contributed by atoms with Crippen LogP contribution in [0, 0.1) is 0 Å². The minimum absolute atomic E-state index is 0.278. The number of ketones is 1. The third-order valence-electron chi connectivity index (χ3n) is 2.37. The van der Waals surface area contributed by atoms with Gasteiger partial charge in [-0.3, -0.25) is 4.79 Å². The number of hydrogen-bond donors (Lipinski definition) is 0. The first-order chi connectivity index (χ1) is 8.95. The standard InChI is InChI=1S/C14H16ClNO3/c1-4-19-14(18)8-7-13(17)10-5-6-12(16(2)3)11(15)9-10/h5-9H,4H2,1-3H3. The van der Waals surface area contributed by atoms with E-state index in [1.54, 1.807) is 25.1 Å². The summed E-state index contributed by atoms with van der Waals surface area (Å²) in [5.41, 5.74) is 1.25. The van der Waals surface area contributed by atoms with Gasteiger partial charge in [-0.25, -0.2) is 4.79 Å². The molecule has 0 saturated heterocycles. The van der Waals surface area contributed by atoms with Crippen molar-refractivity contribution in [2.24, 2.45) is 0 Å². The molecule has 0 aliphatic rings. The van der Waals surface area contributed by atoms with Crippen LogP contribution in [0.3, 0.4) is 0 Å².